The first-order valence-corrected chi connectivity index (χ1v) is 13.1. The zero-order chi connectivity index (χ0) is 24.6. The largest absolute Gasteiger partial charge is 0.306 e. The van der Waals surface area contributed by atoms with E-state index in [1.165, 1.54) is 15.6 Å². The topological polar surface area (TPSA) is 132 Å². The summed E-state index contributed by atoms with van der Waals surface area (Å²) >= 11 is 2.65. The molecule has 0 aliphatic heterocycles. The molecule has 0 saturated carbocycles. The van der Waals surface area contributed by atoms with Crippen LogP contribution in [0.25, 0.3) is 27.3 Å². The maximum Gasteiger partial charge on any atom is 0.284 e. The van der Waals surface area contributed by atoms with E-state index in [9.17, 15) is 14.9 Å². The summed E-state index contributed by atoms with van der Waals surface area (Å²) in [6, 6.07) is 14.1. The Morgan fingerprint density at radius 2 is 1.92 bits per heavy atom. The van der Waals surface area contributed by atoms with Crippen LogP contribution in [0.4, 0.5) is 5.69 Å². The van der Waals surface area contributed by atoms with Crippen molar-refractivity contribution >= 4 is 39.0 Å². The van der Waals surface area contributed by atoms with Gasteiger partial charge in [0.2, 0.25) is 5.16 Å². The number of benzene rings is 2. The number of nitro benzene ring substituents is 1. The average molecular weight is 518 g/mol. The monoisotopic (exact) mass is 517 g/mol. The normalized spacial score (nSPS) is 13.4. The van der Waals surface area contributed by atoms with Crippen LogP contribution in [0.5, 0.6) is 0 Å². The number of rotatable bonds is 5. The Labute approximate surface area is 212 Å². The average Bonchev–Trinajstić information content (AvgIpc) is 3.42. The van der Waals surface area contributed by atoms with E-state index in [0.29, 0.717) is 31.7 Å². The highest BCUT2D eigenvalue weighted by atomic mass is 32.2. The lowest BCUT2D eigenvalue weighted by molar-refractivity contribution is -0.387. The van der Waals surface area contributed by atoms with Gasteiger partial charge in [-0.05, 0) is 77.7 Å². The van der Waals surface area contributed by atoms with E-state index in [-0.39, 0.29) is 11.2 Å². The zero-order valence-electron chi connectivity index (χ0n) is 18.9. The molecule has 1 aliphatic rings. The molecule has 0 spiro atoms. The minimum absolute atomic E-state index is 0.121. The maximum absolute atomic E-state index is 13.0. The molecule has 0 unspecified atom stereocenters. The van der Waals surface area contributed by atoms with Crippen molar-refractivity contribution in [3.63, 3.8) is 0 Å². The highest BCUT2D eigenvalue weighted by Gasteiger charge is 2.22. The van der Waals surface area contributed by atoms with Crippen LogP contribution in [-0.4, -0.2) is 35.1 Å². The van der Waals surface area contributed by atoms with Gasteiger partial charge in [-0.2, -0.15) is 4.68 Å². The molecule has 1 aliphatic carbocycles. The van der Waals surface area contributed by atoms with Crippen LogP contribution in [0.3, 0.4) is 0 Å². The van der Waals surface area contributed by atoms with Crippen LogP contribution < -0.4 is 5.56 Å². The van der Waals surface area contributed by atoms with E-state index in [2.05, 4.69) is 20.5 Å². The van der Waals surface area contributed by atoms with E-state index in [4.69, 9.17) is 4.98 Å². The molecule has 0 atom stereocenters. The fraction of sp³-hybridized carbons (Fsp3) is 0.208. The number of aryl methyl sites for hydroxylation is 2. The quantitative estimate of drug-likeness (QED) is 0.197. The van der Waals surface area contributed by atoms with Gasteiger partial charge >= 0.3 is 0 Å². The lowest BCUT2D eigenvalue weighted by Crippen LogP contribution is -2.10. The van der Waals surface area contributed by atoms with Gasteiger partial charge in [-0.1, -0.05) is 24.6 Å². The zero-order valence-corrected chi connectivity index (χ0v) is 20.5. The van der Waals surface area contributed by atoms with Gasteiger partial charge in [0.15, 0.2) is 0 Å². The third kappa shape index (κ3) is 4.07. The summed E-state index contributed by atoms with van der Waals surface area (Å²) < 4.78 is 1.52. The van der Waals surface area contributed by atoms with E-state index in [1.54, 1.807) is 23.5 Å². The number of hydrogen-bond acceptors (Lipinski definition) is 9. The number of tetrazole rings is 1. The van der Waals surface area contributed by atoms with E-state index < -0.39 is 4.92 Å². The Hall–Kier alpha value is -3.90. The van der Waals surface area contributed by atoms with Gasteiger partial charge in [0.05, 0.1) is 20.9 Å². The number of fused-ring (bicyclic) bond motifs is 3. The van der Waals surface area contributed by atoms with Crippen molar-refractivity contribution in [3.05, 3.63) is 79.4 Å². The number of hydrogen-bond donors (Lipinski definition) is 1. The summed E-state index contributed by atoms with van der Waals surface area (Å²) in [4.78, 5) is 34.4. The van der Waals surface area contributed by atoms with Crippen molar-refractivity contribution in [3.8, 4) is 17.1 Å². The number of nitrogens with zero attached hydrogens (tertiary/aromatic N) is 6. The molecule has 5 aromatic rings. The van der Waals surface area contributed by atoms with Crippen LogP contribution in [0.15, 0.2) is 63.4 Å². The molecule has 6 rings (SSSR count). The second kappa shape index (κ2) is 9.28. The first-order chi connectivity index (χ1) is 17.6. The van der Waals surface area contributed by atoms with Crippen LogP contribution in [-0.2, 0) is 12.8 Å². The van der Waals surface area contributed by atoms with Crippen molar-refractivity contribution in [2.24, 2.45) is 0 Å². The number of H-pyrrole nitrogens is 1. The SMILES string of the molecule is O=c1[nH]c(-c2ccc(Sc3nnnn3-c3ccccc3)c([N+](=O)[O-])c2)nc2sc3c(c12)CCCCC3. The van der Waals surface area contributed by atoms with E-state index >= 15 is 0 Å². The van der Waals surface area contributed by atoms with Gasteiger partial charge in [-0.25, -0.2) is 4.98 Å². The van der Waals surface area contributed by atoms with E-state index in [1.807, 2.05) is 30.3 Å². The first-order valence-electron chi connectivity index (χ1n) is 11.4. The summed E-state index contributed by atoms with van der Waals surface area (Å²) in [6.07, 6.45) is 5.20. The van der Waals surface area contributed by atoms with Gasteiger partial charge in [-0.15, -0.1) is 16.4 Å². The molecule has 0 saturated heterocycles. The number of aromatic amines is 1. The lowest BCUT2D eigenvalue weighted by atomic mass is 10.1. The van der Waals surface area contributed by atoms with E-state index in [0.717, 1.165) is 55.1 Å². The van der Waals surface area contributed by atoms with Gasteiger partial charge in [0.1, 0.15) is 10.7 Å². The van der Waals surface area contributed by atoms with Crippen LogP contribution in [0.1, 0.15) is 29.7 Å². The predicted molar refractivity (Wildman–Crippen MR) is 137 cm³/mol. The van der Waals surface area contributed by atoms with Crippen LogP contribution in [0, 0.1) is 10.1 Å². The molecule has 0 bridgehead atoms. The fourth-order valence-corrected chi connectivity index (χ4v) is 6.58. The molecule has 1 N–H and O–H groups in total. The Morgan fingerprint density at radius 3 is 2.75 bits per heavy atom. The molecule has 0 fully saturated rings. The van der Waals surface area contributed by atoms with Crippen molar-refractivity contribution < 1.29 is 4.92 Å². The first kappa shape index (κ1) is 22.6. The van der Waals surface area contributed by atoms with Crippen molar-refractivity contribution in [1.29, 1.82) is 0 Å². The number of thiophene rings is 1. The third-order valence-electron chi connectivity index (χ3n) is 6.15. The van der Waals surface area contributed by atoms with Gasteiger partial charge in [-0.3, -0.25) is 14.9 Å². The smallest absolute Gasteiger partial charge is 0.284 e. The molecule has 3 aromatic heterocycles. The number of nitrogens with one attached hydrogen (secondary N) is 1. The molecular formula is C24H19N7O3S2. The third-order valence-corrected chi connectivity index (χ3v) is 8.34. The fourth-order valence-electron chi connectivity index (χ4n) is 4.44. The van der Waals surface area contributed by atoms with Gasteiger partial charge in [0.25, 0.3) is 11.2 Å². The molecule has 0 amide bonds. The summed E-state index contributed by atoms with van der Waals surface area (Å²) in [6.45, 7) is 0. The maximum atomic E-state index is 13.0. The van der Waals surface area contributed by atoms with Crippen molar-refractivity contribution in [2.75, 3.05) is 0 Å². The van der Waals surface area contributed by atoms with Crippen molar-refractivity contribution in [2.45, 2.75) is 42.2 Å². The minimum Gasteiger partial charge on any atom is -0.306 e. The number of nitro groups is 1. The second-order valence-corrected chi connectivity index (χ2v) is 10.5. The van der Waals surface area contributed by atoms with Gasteiger partial charge in [0, 0.05) is 16.5 Å². The highest BCUT2D eigenvalue weighted by molar-refractivity contribution is 7.99. The Kier molecular flexibility index (Phi) is 5.82. The van der Waals surface area contributed by atoms with Crippen LogP contribution in [0.2, 0.25) is 0 Å². The molecule has 10 nitrogen and oxygen atoms in total. The molecular weight excluding hydrogens is 498 g/mol. The Balaban J connectivity index is 1.38. The minimum atomic E-state index is -0.452. The molecule has 2 aromatic carbocycles. The van der Waals surface area contributed by atoms with Crippen molar-refractivity contribution in [1.82, 2.24) is 30.2 Å². The predicted octanol–water partition coefficient (Wildman–Crippen LogP) is 4.96. The van der Waals surface area contributed by atoms with Crippen LogP contribution >= 0.6 is 23.1 Å². The lowest BCUT2D eigenvalue weighted by Gasteiger charge is -2.07. The molecule has 0 radical (unpaired) electrons. The highest BCUT2D eigenvalue weighted by Crippen LogP contribution is 2.37. The van der Waals surface area contributed by atoms with Gasteiger partial charge < -0.3 is 4.98 Å². The Morgan fingerprint density at radius 1 is 1.08 bits per heavy atom. The molecule has 36 heavy (non-hydrogen) atoms. The second-order valence-electron chi connectivity index (χ2n) is 8.41. The summed E-state index contributed by atoms with van der Waals surface area (Å²) in [5.74, 6) is 0.317. The number of aromatic nitrogens is 6. The number of para-hydroxylation sites is 1. The standard InChI is InChI=1S/C24H19N7O3S2/c32-22-20-16-9-5-2-6-10-18(16)35-23(20)26-21(25-22)14-11-12-19(17(13-14)31(33)34)36-24-27-28-29-30(24)15-7-3-1-4-8-15/h1,3-4,7-8,11-13H,2,5-6,9-10H2,(H,25,26,32). The summed E-state index contributed by atoms with van der Waals surface area (Å²) in [5.41, 5.74) is 2.01. The Bertz CT molecular complexity index is 1660. The molecule has 3 heterocycles. The summed E-state index contributed by atoms with van der Waals surface area (Å²) in [7, 11) is 0. The molecule has 180 valence electrons. The molecule has 12 heteroatoms. The summed E-state index contributed by atoms with van der Waals surface area (Å²) in [5, 5.41) is 24.8.